The largest absolute Gasteiger partial charge is 0.379 e. The zero-order valence-corrected chi connectivity index (χ0v) is 13.2. The lowest BCUT2D eigenvalue weighted by atomic mass is 9.86. The minimum Gasteiger partial charge on any atom is -0.379 e. The molecule has 0 spiro atoms. The molecule has 3 N–H and O–H groups in total. The maximum Gasteiger partial charge on any atom is 0.355 e. The number of hydrogen-bond donors (Lipinski definition) is 2. The van der Waals surface area contributed by atoms with Gasteiger partial charge in [0.1, 0.15) is 5.69 Å². The molecule has 0 unspecified atom stereocenters. The van der Waals surface area contributed by atoms with Gasteiger partial charge in [0.25, 0.3) is 11.8 Å². The van der Waals surface area contributed by atoms with E-state index in [1.54, 1.807) is 5.38 Å². The minimum atomic E-state index is -4.08. The third-order valence-electron chi connectivity index (χ3n) is 3.45. The highest BCUT2D eigenvalue weighted by Crippen LogP contribution is 2.37. The Bertz CT molecular complexity index is 618. The van der Waals surface area contributed by atoms with Gasteiger partial charge in [-0.1, -0.05) is 20.8 Å². The van der Waals surface area contributed by atoms with Gasteiger partial charge in [-0.05, 0) is 0 Å². The summed E-state index contributed by atoms with van der Waals surface area (Å²) in [6.07, 6.45) is 0. The molecule has 6 nitrogen and oxygen atoms in total. The zero-order valence-electron chi connectivity index (χ0n) is 12.4. The van der Waals surface area contributed by atoms with Crippen molar-refractivity contribution >= 4 is 23.2 Å². The van der Waals surface area contributed by atoms with Gasteiger partial charge in [-0.15, -0.1) is 11.3 Å². The van der Waals surface area contributed by atoms with Crippen molar-refractivity contribution in [2.45, 2.75) is 37.7 Å². The van der Waals surface area contributed by atoms with E-state index in [0.717, 1.165) is 9.91 Å². The molecule has 2 rings (SSSR count). The number of β-amino-alcohol motifs (C(OH)–C–C–N with tert-alkyl or cyclic N) is 1. The summed E-state index contributed by atoms with van der Waals surface area (Å²) in [5.74, 6) is -6.55. The second-order valence-electron chi connectivity index (χ2n) is 6.42. The van der Waals surface area contributed by atoms with Gasteiger partial charge in [0.05, 0.1) is 18.1 Å². The Morgan fingerprint density at radius 2 is 1.95 bits per heavy atom. The molecule has 1 aromatic heterocycles. The van der Waals surface area contributed by atoms with Crippen LogP contribution in [-0.4, -0.2) is 51.4 Å². The van der Waals surface area contributed by atoms with Crippen molar-refractivity contribution in [1.82, 2.24) is 9.88 Å². The first-order chi connectivity index (χ1) is 9.88. The first-order valence-corrected chi connectivity index (χ1v) is 7.42. The molecule has 0 radical (unpaired) electrons. The van der Waals surface area contributed by atoms with Gasteiger partial charge in [0, 0.05) is 10.8 Å². The lowest BCUT2D eigenvalue weighted by Gasteiger charge is -2.48. The molecule has 0 aliphatic carbocycles. The second-order valence-corrected chi connectivity index (χ2v) is 7.28. The van der Waals surface area contributed by atoms with E-state index in [1.807, 2.05) is 20.8 Å². The Balaban J connectivity index is 2.09. The number of thiazole rings is 1. The first kappa shape index (κ1) is 16.8. The Morgan fingerprint density at radius 1 is 1.41 bits per heavy atom. The molecule has 1 aliphatic rings. The smallest absolute Gasteiger partial charge is 0.355 e. The Labute approximate surface area is 129 Å². The number of primary amides is 1. The highest BCUT2D eigenvalue weighted by molar-refractivity contribution is 7.10. The molecular formula is C13H17F2N3O3S. The number of aliphatic hydroxyl groups is 1. The molecular weight excluding hydrogens is 316 g/mol. The van der Waals surface area contributed by atoms with Crippen LogP contribution in [-0.2, 0) is 10.2 Å². The monoisotopic (exact) mass is 333 g/mol. The summed E-state index contributed by atoms with van der Waals surface area (Å²) in [4.78, 5) is 28.1. The fourth-order valence-electron chi connectivity index (χ4n) is 2.04. The molecule has 0 aromatic carbocycles. The van der Waals surface area contributed by atoms with Gasteiger partial charge >= 0.3 is 5.92 Å². The van der Waals surface area contributed by atoms with Gasteiger partial charge in [0.2, 0.25) is 0 Å². The summed E-state index contributed by atoms with van der Waals surface area (Å²) < 4.78 is 27.0. The van der Waals surface area contributed by atoms with Crippen LogP contribution in [0.5, 0.6) is 0 Å². The number of rotatable bonds is 3. The predicted octanol–water partition coefficient (Wildman–Crippen LogP) is 0.748. The standard InChI is InChI=1S/C13H17F2N3O3S/c1-11(2,3)10-17-7(4-22-10)8(19)18-5-12(21,6-18)13(14,15)9(16)20/h4,21H,5-6H2,1-3H3,(H2,16,20). The van der Waals surface area contributed by atoms with E-state index in [9.17, 15) is 23.5 Å². The molecule has 22 heavy (non-hydrogen) atoms. The first-order valence-electron chi connectivity index (χ1n) is 6.54. The molecule has 0 bridgehead atoms. The molecule has 1 fully saturated rings. The van der Waals surface area contributed by atoms with E-state index in [-0.39, 0.29) is 11.1 Å². The van der Waals surface area contributed by atoms with Crippen LogP contribution in [0.15, 0.2) is 5.38 Å². The number of nitrogens with zero attached hydrogens (tertiary/aromatic N) is 2. The van der Waals surface area contributed by atoms with Crippen LogP contribution >= 0.6 is 11.3 Å². The molecule has 2 heterocycles. The topological polar surface area (TPSA) is 96.5 Å². The second kappa shape index (κ2) is 4.95. The average molecular weight is 333 g/mol. The molecule has 1 aliphatic heterocycles. The Hall–Kier alpha value is -1.61. The molecule has 2 amide bonds. The number of carbonyl (C=O) groups excluding carboxylic acids is 2. The van der Waals surface area contributed by atoms with Gasteiger partial charge < -0.3 is 15.7 Å². The molecule has 0 saturated carbocycles. The molecule has 0 atom stereocenters. The summed E-state index contributed by atoms with van der Waals surface area (Å²) >= 11 is 1.30. The Kier molecular flexibility index (Phi) is 3.77. The van der Waals surface area contributed by atoms with E-state index in [2.05, 4.69) is 10.7 Å². The van der Waals surface area contributed by atoms with Gasteiger partial charge in [-0.3, -0.25) is 9.59 Å². The third-order valence-corrected chi connectivity index (χ3v) is 4.72. The number of amides is 2. The fourth-order valence-corrected chi connectivity index (χ4v) is 2.92. The highest BCUT2D eigenvalue weighted by atomic mass is 32.1. The molecule has 1 aromatic rings. The van der Waals surface area contributed by atoms with E-state index in [1.165, 1.54) is 11.3 Å². The van der Waals surface area contributed by atoms with Crippen LogP contribution < -0.4 is 5.73 Å². The van der Waals surface area contributed by atoms with E-state index in [4.69, 9.17) is 0 Å². The van der Waals surface area contributed by atoms with Gasteiger partial charge in [-0.25, -0.2) is 4.98 Å². The molecule has 9 heteroatoms. The van der Waals surface area contributed by atoms with E-state index >= 15 is 0 Å². The number of likely N-dealkylation sites (tertiary alicyclic amines) is 1. The van der Waals surface area contributed by atoms with E-state index < -0.39 is 36.4 Å². The van der Waals surface area contributed by atoms with Crippen LogP contribution in [0.25, 0.3) is 0 Å². The quantitative estimate of drug-likeness (QED) is 0.853. The summed E-state index contributed by atoms with van der Waals surface area (Å²) in [5.41, 5.74) is 1.89. The predicted molar refractivity (Wildman–Crippen MR) is 75.8 cm³/mol. The normalized spacial score (nSPS) is 18.0. The van der Waals surface area contributed by atoms with Crippen LogP contribution in [0.2, 0.25) is 0 Å². The molecule has 1 saturated heterocycles. The van der Waals surface area contributed by atoms with Crippen LogP contribution in [0.3, 0.4) is 0 Å². The van der Waals surface area contributed by atoms with Crippen LogP contribution in [0.4, 0.5) is 8.78 Å². The number of halogens is 2. The summed E-state index contributed by atoms with van der Waals surface area (Å²) in [5, 5.41) is 12.0. The summed E-state index contributed by atoms with van der Waals surface area (Å²) in [6, 6.07) is 0. The number of nitrogens with two attached hydrogens (primary N) is 1. The van der Waals surface area contributed by atoms with Crippen LogP contribution in [0, 0.1) is 0 Å². The highest BCUT2D eigenvalue weighted by Gasteiger charge is 2.64. The lowest BCUT2D eigenvalue weighted by Crippen LogP contribution is -2.74. The summed E-state index contributed by atoms with van der Waals surface area (Å²) in [6.45, 7) is 4.50. The van der Waals surface area contributed by atoms with Gasteiger partial charge in [0.15, 0.2) is 5.60 Å². The van der Waals surface area contributed by atoms with Gasteiger partial charge in [-0.2, -0.15) is 8.78 Å². The average Bonchev–Trinajstić information content (AvgIpc) is 2.82. The maximum atomic E-state index is 13.5. The van der Waals surface area contributed by atoms with Crippen molar-refractivity contribution in [1.29, 1.82) is 0 Å². The SMILES string of the molecule is CC(C)(C)c1nc(C(=O)N2CC(O)(C(F)(F)C(N)=O)C2)cs1. The zero-order chi connectivity index (χ0) is 16.9. The van der Waals surface area contributed by atoms with Crippen molar-refractivity contribution < 1.29 is 23.5 Å². The summed E-state index contributed by atoms with van der Waals surface area (Å²) in [7, 11) is 0. The number of aromatic nitrogens is 1. The third kappa shape index (κ3) is 2.58. The lowest BCUT2D eigenvalue weighted by molar-refractivity contribution is -0.224. The number of alkyl halides is 2. The molecule has 122 valence electrons. The maximum absolute atomic E-state index is 13.5. The fraction of sp³-hybridized carbons (Fsp3) is 0.615. The Morgan fingerprint density at radius 3 is 2.36 bits per heavy atom. The minimum absolute atomic E-state index is 0.138. The van der Waals surface area contributed by atoms with Crippen molar-refractivity contribution in [3.63, 3.8) is 0 Å². The number of carbonyl (C=O) groups is 2. The van der Waals surface area contributed by atoms with Crippen molar-refractivity contribution in [3.05, 3.63) is 16.1 Å². The number of hydrogen-bond acceptors (Lipinski definition) is 5. The van der Waals surface area contributed by atoms with Crippen molar-refractivity contribution in [2.24, 2.45) is 5.73 Å². The van der Waals surface area contributed by atoms with Crippen molar-refractivity contribution in [2.75, 3.05) is 13.1 Å². The van der Waals surface area contributed by atoms with E-state index in [0.29, 0.717) is 0 Å². The van der Waals surface area contributed by atoms with Crippen LogP contribution in [0.1, 0.15) is 36.3 Å². The van der Waals surface area contributed by atoms with Crippen molar-refractivity contribution in [3.8, 4) is 0 Å².